The largest absolute Gasteiger partial charge is 0.381 e. The molecule has 6 nitrogen and oxygen atoms in total. The van der Waals surface area contributed by atoms with Crippen LogP contribution in [-0.4, -0.2) is 37.2 Å². The molecule has 150 valence electrons. The van der Waals surface area contributed by atoms with Crippen molar-refractivity contribution < 1.29 is 9.53 Å². The highest BCUT2D eigenvalue weighted by Gasteiger charge is 2.21. The van der Waals surface area contributed by atoms with Crippen molar-refractivity contribution in [1.29, 1.82) is 0 Å². The Bertz CT molecular complexity index is 782. The second-order valence-corrected chi connectivity index (χ2v) is 7.10. The molecule has 0 unspecified atom stereocenters. The van der Waals surface area contributed by atoms with Gasteiger partial charge in [-0.25, -0.2) is 4.98 Å². The van der Waals surface area contributed by atoms with E-state index in [4.69, 9.17) is 4.74 Å². The lowest BCUT2D eigenvalue weighted by atomic mass is 9.99. The molecule has 0 bridgehead atoms. The first-order valence-corrected chi connectivity index (χ1v) is 10.1. The van der Waals surface area contributed by atoms with Crippen molar-refractivity contribution in [2.75, 3.05) is 41.8 Å². The third kappa shape index (κ3) is 5.01. The first kappa shape index (κ1) is 20.1. The fourth-order valence-electron chi connectivity index (χ4n) is 3.46. The monoisotopic (exact) mass is 382 g/mol. The highest BCUT2D eigenvalue weighted by Crippen LogP contribution is 2.25. The zero-order chi connectivity index (χ0) is 19.9. The van der Waals surface area contributed by atoms with Gasteiger partial charge in [0, 0.05) is 43.6 Å². The van der Waals surface area contributed by atoms with Crippen molar-refractivity contribution in [2.24, 2.45) is 5.92 Å². The minimum absolute atomic E-state index is 0.0264. The standard InChI is InChI=1S/C22H30N4O2/c1-4-26(5-2)19-7-8-20(16(3)14-19)25-21-9-6-18(15-23-21)24-22(27)17-10-12-28-13-11-17/h6-9,14-15,17H,4-5,10-13H2,1-3H3,(H,23,25)(H,24,27). The van der Waals surface area contributed by atoms with Gasteiger partial charge in [-0.3, -0.25) is 4.79 Å². The summed E-state index contributed by atoms with van der Waals surface area (Å²) in [6.07, 6.45) is 3.25. The third-order valence-corrected chi connectivity index (χ3v) is 5.22. The molecule has 3 rings (SSSR count). The number of aromatic nitrogens is 1. The molecule has 1 aliphatic heterocycles. The van der Waals surface area contributed by atoms with Crippen LogP contribution in [0, 0.1) is 12.8 Å². The number of carbonyl (C=O) groups is 1. The Kier molecular flexibility index (Phi) is 6.87. The van der Waals surface area contributed by atoms with Crippen LogP contribution < -0.4 is 15.5 Å². The molecular formula is C22H30N4O2. The van der Waals surface area contributed by atoms with Crippen LogP contribution in [0.4, 0.5) is 22.9 Å². The van der Waals surface area contributed by atoms with Crippen LogP contribution in [0.5, 0.6) is 0 Å². The number of carbonyl (C=O) groups excluding carboxylic acids is 1. The Labute approximate surface area is 167 Å². The van der Waals surface area contributed by atoms with E-state index in [1.807, 2.05) is 12.1 Å². The van der Waals surface area contributed by atoms with Gasteiger partial charge in [-0.15, -0.1) is 0 Å². The van der Waals surface area contributed by atoms with E-state index in [2.05, 4.69) is 59.5 Å². The molecular weight excluding hydrogens is 352 g/mol. The number of nitrogens with one attached hydrogen (secondary N) is 2. The van der Waals surface area contributed by atoms with Gasteiger partial charge in [0.15, 0.2) is 0 Å². The minimum Gasteiger partial charge on any atom is -0.381 e. The summed E-state index contributed by atoms with van der Waals surface area (Å²) in [6, 6.07) is 10.2. The summed E-state index contributed by atoms with van der Waals surface area (Å²) in [6.45, 7) is 9.72. The van der Waals surface area contributed by atoms with Gasteiger partial charge in [-0.05, 0) is 69.5 Å². The zero-order valence-electron chi connectivity index (χ0n) is 17.0. The van der Waals surface area contributed by atoms with E-state index in [0.717, 1.165) is 43.1 Å². The van der Waals surface area contributed by atoms with Gasteiger partial charge >= 0.3 is 0 Å². The quantitative estimate of drug-likeness (QED) is 0.745. The Balaban J connectivity index is 1.61. The number of benzene rings is 1. The highest BCUT2D eigenvalue weighted by atomic mass is 16.5. The van der Waals surface area contributed by atoms with Gasteiger partial charge in [0.05, 0.1) is 11.9 Å². The predicted octanol–water partition coefficient (Wildman–Crippen LogP) is 4.34. The SMILES string of the molecule is CCN(CC)c1ccc(Nc2ccc(NC(=O)C3CCOCC3)cn2)c(C)c1. The molecule has 1 aromatic carbocycles. The summed E-state index contributed by atoms with van der Waals surface area (Å²) in [5.74, 6) is 0.829. The summed E-state index contributed by atoms with van der Waals surface area (Å²) in [4.78, 5) is 19.1. The lowest BCUT2D eigenvalue weighted by molar-refractivity contribution is -0.122. The first-order chi connectivity index (χ1) is 13.6. The van der Waals surface area contributed by atoms with Gasteiger partial charge in [-0.2, -0.15) is 0 Å². The van der Waals surface area contributed by atoms with E-state index in [0.29, 0.717) is 13.2 Å². The second kappa shape index (κ2) is 9.55. The summed E-state index contributed by atoms with van der Waals surface area (Å²) >= 11 is 0. The summed E-state index contributed by atoms with van der Waals surface area (Å²) in [7, 11) is 0. The number of hydrogen-bond donors (Lipinski definition) is 2. The number of nitrogens with zero attached hydrogens (tertiary/aromatic N) is 2. The number of amides is 1. The molecule has 0 aliphatic carbocycles. The molecule has 2 N–H and O–H groups in total. The fraction of sp³-hybridized carbons (Fsp3) is 0.455. The van der Waals surface area contributed by atoms with E-state index in [-0.39, 0.29) is 11.8 Å². The molecule has 2 aromatic rings. The maximum absolute atomic E-state index is 12.3. The maximum atomic E-state index is 12.3. The summed E-state index contributed by atoms with van der Waals surface area (Å²) in [5, 5.41) is 6.32. The molecule has 28 heavy (non-hydrogen) atoms. The van der Waals surface area contributed by atoms with E-state index in [1.165, 1.54) is 11.3 Å². The van der Waals surface area contributed by atoms with Crippen molar-refractivity contribution in [3.63, 3.8) is 0 Å². The van der Waals surface area contributed by atoms with Gasteiger partial charge in [0.25, 0.3) is 0 Å². The second-order valence-electron chi connectivity index (χ2n) is 7.10. The molecule has 1 fully saturated rings. The van der Waals surface area contributed by atoms with Gasteiger partial charge in [0.2, 0.25) is 5.91 Å². The molecule has 1 aromatic heterocycles. The number of anilines is 4. The van der Waals surface area contributed by atoms with Crippen molar-refractivity contribution in [1.82, 2.24) is 4.98 Å². The van der Waals surface area contributed by atoms with Crippen molar-refractivity contribution >= 4 is 28.8 Å². The molecule has 2 heterocycles. The molecule has 0 atom stereocenters. The molecule has 0 saturated carbocycles. The van der Waals surface area contributed by atoms with Crippen LogP contribution in [0.15, 0.2) is 36.5 Å². The Hall–Kier alpha value is -2.60. The molecule has 1 aliphatic rings. The van der Waals surface area contributed by atoms with E-state index in [9.17, 15) is 4.79 Å². The number of hydrogen-bond acceptors (Lipinski definition) is 5. The molecule has 1 saturated heterocycles. The third-order valence-electron chi connectivity index (χ3n) is 5.22. The normalized spacial score (nSPS) is 14.5. The minimum atomic E-state index is 0.0264. The van der Waals surface area contributed by atoms with Crippen LogP contribution in [0.2, 0.25) is 0 Å². The van der Waals surface area contributed by atoms with Crippen LogP contribution in [0.3, 0.4) is 0 Å². The lowest BCUT2D eigenvalue weighted by Gasteiger charge is -2.22. The lowest BCUT2D eigenvalue weighted by Crippen LogP contribution is -2.28. The Morgan fingerprint density at radius 2 is 1.93 bits per heavy atom. The van der Waals surface area contributed by atoms with Gasteiger partial charge in [-0.1, -0.05) is 0 Å². The smallest absolute Gasteiger partial charge is 0.227 e. The van der Waals surface area contributed by atoms with Gasteiger partial charge < -0.3 is 20.3 Å². The van der Waals surface area contributed by atoms with E-state index < -0.39 is 0 Å². The Morgan fingerprint density at radius 1 is 1.18 bits per heavy atom. The Morgan fingerprint density at radius 3 is 2.54 bits per heavy atom. The number of pyridine rings is 1. The highest BCUT2D eigenvalue weighted by molar-refractivity contribution is 5.92. The van der Waals surface area contributed by atoms with Crippen LogP contribution in [0.1, 0.15) is 32.3 Å². The maximum Gasteiger partial charge on any atom is 0.227 e. The van der Waals surface area contributed by atoms with Gasteiger partial charge in [0.1, 0.15) is 5.82 Å². The number of rotatable bonds is 7. The summed E-state index contributed by atoms with van der Waals surface area (Å²) < 4.78 is 5.31. The zero-order valence-corrected chi connectivity index (χ0v) is 17.0. The van der Waals surface area contributed by atoms with Crippen molar-refractivity contribution in [2.45, 2.75) is 33.6 Å². The summed E-state index contributed by atoms with van der Waals surface area (Å²) in [5.41, 5.74) is 4.15. The van der Waals surface area contributed by atoms with Crippen molar-refractivity contribution in [3.8, 4) is 0 Å². The molecule has 0 spiro atoms. The van der Waals surface area contributed by atoms with E-state index in [1.54, 1.807) is 6.20 Å². The average molecular weight is 383 g/mol. The molecule has 6 heteroatoms. The number of aryl methyl sites for hydroxylation is 1. The topological polar surface area (TPSA) is 66.5 Å². The fourth-order valence-corrected chi connectivity index (χ4v) is 3.46. The van der Waals surface area contributed by atoms with Crippen LogP contribution in [-0.2, 0) is 9.53 Å². The first-order valence-electron chi connectivity index (χ1n) is 10.1. The average Bonchev–Trinajstić information content (AvgIpc) is 2.73. The number of ether oxygens (including phenoxy) is 1. The van der Waals surface area contributed by atoms with Crippen molar-refractivity contribution in [3.05, 3.63) is 42.1 Å². The van der Waals surface area contributed by atoms with E-state index >= 15 is 0 Å². The molecule has 1 amide bonds. The molecule has 0 radical (unpaired) electrons. The van der Waals surface area contributed by atoms with Crippen LogP contribution >= 0.6 is 0 Å². The predicted molar refractivity (Wildman–Crippen MR) is 114 cm³/mol. The van der Waals surface area contributed by atoms with Crippen LogP contribution in [0.25, 0.3) is 0 Å².